The third-order valence-corrected chi connectivity index (χ3v) is 6.20. The maximum Gasteiger partial charge on any atom is 0.319 e. The number of anilines is 2. The quantitative estimate of drug-likeness (QED) is 0.557. The molecule has 1 aromatic carbocycles. The van der Waals surface area contributed by atoms with E-state index in [1.807, 2.05) is 24.3 Å². The average Bonchev–Trinajstić information content (AvgIpc) is 2.82. The van der Waals surface area contributed by atoms with Gasteiger partial charge in [-0.2, -0.15) is 0 Å². The van der Waals surface area contributed by atoms with Crippen LogP contribution in [0.2, 0.25) is 0 Å². The monoisotopic (exact) mass is 452 g/mol. The highest BCUT2D eigenvalue weighted by atomic mass is 16.5. The molecule has 178 valence electrons. The summed E-state index contributed by atoms with van der Waals surface area (Å²) in [6.45, 7) is 11.2. The van der Waals surface area contributed by atoms with Crippen molar-refractivity contribution >= 4 is 17.5 Å². The van der Waals surface area contributed by atoms with Gasteiger partial charge in [0.05, 0.1) is 24.9 Å². The van der Waals surface area contributed by atoms with Crippen molar-refractivity contribution in [2.75, 3.05) is 43.1 Å². The molecule has 1 atom stereocenters. The van der Waals surface area contributed by atoms with Crippen molar-refractivity contribution in [3.63, 3.8) is 0 Å². The van der Waals surface area contributed by atoms with Crippen LogP contribution < -0.4 is 20.9 Å². The number of amides is 2. The number of ether oxygens (including phenoxy) is 1. The van der Waals surface area contributed by atoms with Crippen molar-refractivity contribution in [2.45, 2.75) is 52.6 Å². The number of benzene rings is 1. The van der Waals surface area contributed by atoms with Gasteiger partial charge in [-0.05, 0) is 62.9 Å². The Balaban J connectivity index is 1.48. The molecule has 3 N–H and O–H groups in total. The smallest absolute Gasteiger partial charge is 0.319 e. The zero-order chi connectivity index (χ0) is 23.2. The first kappa shape index (κ1) is 23.4. The Labute approximate surface area is 196 Å². The largest absolute Gasteiger partial charge is 0.377 e. The van der Waals surface area contributed by atoms with Crippen LogP contribution in [0, 0.1) is 5.92 Å². The van der Waals surface area contributed by atoms with Crippen LogP contribution in [0.25, 0.3) is 11.4 Å². The minimum Gasteiger partial charge on any atom is -0.377 e. The molecule has 0 saturated carbocycles. The first-order chi connectivity index (χ1) is 16.0. The van der Waals surface area contributed by atoms with Crippen LogP contribution in [0.3, 0.4) is 0 Å². The maximum atomic E-state index is 12.2. The third-order valence-electron chi connectivity index (χ3n) is 6.20. The van der Waals surface area contributed by atoms with Crippen LogP contribution >= 0.6 is 0 Å². The molecule has 8 heteroatoms. The van der Waals surface area contributed by atoms with Gasteiger partial charge in [0, 0.05) is 36.4 Å². The Morgan fingerprint density at radius 2 is 2.09 bits per heavy atom. The minimum atomic E-state index is -0.175. The lowest BCUT2D eigenvalue weighted by Crippen LogP contribution is -2.45. The van der Waals surface area contributed by atoms with Gasteiger partial charge in [-0.3, -0.25) is 0 Å². The van der Waals surface area contributed by atoms with Gasteiger partial charge >= 0.3 is 6.03 Å². The van der Waals surface area contributed by atoms with Crippen molar-refractivity contribution in [1.29, 1.82) is 0 Å². The zero-order valence-corrected chi connectivity index (χ0v) is 20.0. The summed E-state index contributed by atoms with van der Waals surface area (Å²) >= 11 is 0. The molecule has 2 aromatic rings. The highest BCUT2D eigenvalue weighted by molar-refractivity contribution is 5.89. The fourth-order valence-corrected chi connectivity index (χ4v) is 4.34. The molecule has 0 spiro atoms. The van der Waals surface area contributed by atoms with E-state index in [4.69, 9.17) is 14.7 Å². The van der Waals surface area contributed by atoms with Gasteiger partial charge in [0.25, 0.3) is 0 Å². The Morgan fingerprint density at radius 1 is 1.27 bits per heavy atom. The fraction of sp³-hybridized carbons (Fsp3) is 0.560. The molecule has 0 aliphatic carbocycles. The summed E-state index contributed by atoms with van der Waals surface area (Å²) in [5.41, 5.74) is 4.01. The third kappa shape index (κ3) is 6.00. The zero-order valence-electron chi connectivity index (χ0n) is 20.0. The standard InChI is InChI=1S/C25H36N6O2/c1-17(2)5-4-11-27-25(32)28-20-8-6-19(7-9-20)23-29-22-15-26-12-10-21(22)24(30-23)31-13-14-33-16-18(31)3/h6-9,17-18,26H,4-5,10-16H2,1-3H3,(H2,27,28,32). The van der Waals surface area contributed by atoms with Gasteiger partial charge in [-0.15, -0.1) is 0 Å². The number of nitrogens with one attached hydrogen (secondary N) is 3. The number of nitrogens with zero attached hydrogens (tertiary/aromatic N) is 3. The topological polar surface area (TPSA) is 91.4 Å². The second kappa shape index (κ2) is 10.9. The molecule has 3 heterocycles. The Bertz CT molecular complexity index is 947. The van der Waals surface area contributed by atoms with E-state index in [1.165, 1.54) is 5.56 Å². The Hall–Kier alpha value is -2.71. The number of carbonyl (C=O) groups excluding carboxylic acids is 1. The molecule has 0 bridgehead atoms. The molecule has 2 amide bonds. The molecule has 1 fully saturated rings. The predicted octanol–water partition coefficient (Wildman–Crippen LogP) is 3.57. The number of urea groups is 1. The van der Waals surface area contributed by atoms with Crippen LogP contribution in [0.4, 0.5) is 16.3 Å². The van der Waals surface area contributed by atoms with Crippen molar-refractivity contribution in [2.24, 2.45) is 5.92 Å². The van der Waals surface area contributed by atoms with Crippen molar-refractivity contribution in [3.8, 4) is 11.4 Å². The first-order valence-electron chi connectivity index (χ1n) is 12.1. The van der Waals surface area contributed by atoms with Crippen molar-refractivity contribution in [1.82, 2.24) is 20.6 Å². The molecule has 1 saturated heterocycles. The number of carbonyl (C=O) groups is 1. The molecular formula is C25H36N6O2. The van der Waals surface area contributed by atoms with Crippen molar-refractivity contribution < 1.29 is 9.53 Å². The lowest BCUT2D eigenvalue weighted by atomic mass is 10.0. The molecule has 2 aliphatic heterocycles. The molecule has 2 aliphatic rings. The number of rotatable bonds is 7. The SMILES string of the molecule is CC(C)CCCNC(=O)Nc1ccc(-c2nc3c(c(N4CCOCC4C)n2)CCNC3)cc1. The lowest BCUT2D eigenvalue weighted by molar-refractivity contribution is 0.0984. The molecule has 0 radical (unpaired) electrons. The summed E-state index contributed by atoms with van der Waals surface area (Å²) in [7, 11) is 0. The number of fused-ring (bicyclic) bond motifs is 1. The molecule has 1 unspecified atom stereocenters. The van der Waals surface area contributed by atoms with Gasteiger partial charge in [-0.25, -0.2) is 14.8 Å². The Kier molecular flexibility index (Phi) is 7.77. The number of morpholine rings is 1. The highest BCUT2D eigenvalue weighted by Gasteiger charge is 2.27. The minimum absolute atomic E-state index is 0.175. The fourth-order valence-electron chi connectivity index (χ4n) is 4.34. The number of aromatic nitrogens is 2. The molecule has 4 rings (SSSR count). The van der Waals surface area contributed by atoms with Crippen LogP contribution in [0.15, 0.2) is 24.3 Å². The van der Waals surface area contributed by atoms with Crippen LogP contribution in [-0.2, 0) is 17.7 Å². The summed E-state index contributed by atoms with van der Waals surface area (Å²) in [4.78, 5) is 24.4. The Morgan fingerprint density at radius 3 is 2.85 bits per heavy atom. The van der Waals surface area contributed by atoms with Crippen LogP contribution in [0.1, 0.15) is 44.9 Å². The normalized spacial score (nSPS) is 18.2. The van der Waals surface area contributed by atoms with Crippen LogP contribution in [0.5, 0.6) is 0 Å². The van der Waals surface area contributed by atoms with E-state index in [0.29, 0.717) is 19.1 Å². The van der Waals surface area contributed by atoms with Gasteiger partial charge in [0.1, 0.15) is 5.82 Å². The van der Waals surface area contributed by atoms with Crippen molar-refractivity contribution in [3.05, 3.63) is 35.5 Å². The highest BCUT2D eigenvalue weighted by Crippen LogP contribution is 2.30. The first-order valence-corrected chi connectivity index (χ1v) is 12.1. The predicted molar refractivity (Wildman–Crippen MR) is 132 cm³/mol. The summed E-state index contributed by atoms with van der Waals surface area (Å²) in [6.07, 6.45) is 3.03. The van der Waals surface area contributed by atoms with Gasteiger partial charge in [-0.1, -0.05) is 13.8 Å². The van der Waals surface area contributed by atoms with Gasteiger partial charge < -0.3 is 25.6 Å². The van der Waals surface area contributed by atoms with E-state index in [-0.39, 0.29) is 12.1 Å². The summed E-state index contributed by atoms with van der Waals surface area (Å²) in [6, 6.07) is 7.86. The van der Waals surface area contributed by atoms with E-state index >= 15 is 0 Å². The molecule has 1 aromatic heterocycles. The average molecular weight is 453 g/mol. The van der Waals surface area contributed by atoms with Crippen LogP contribution in [-0.4, -0.2) is 54.9 Å². The number of hydrogen-bond donors (Lipinski definition) is 3. The molecule has 33 heavy (non-hydrogen) atoms. The summed E-state index contributed by atoms with van der Waals surface area (Å²) in [5, 5.41) is 9.25. The van der Waals surface area contributed by atoms with E-state index in [0.717, 1.165) is 74.1 Å². The maximum absolute atomic E-state index is 12.2. The van der Waals surface area contributed by atoms with Gasteiger partial charge in [0.2, 0.25) is 0 Å². The lowest BCUT2D eigenvalue weighted by Gasteiger charge is -2.36. The second-order valence-corrected chi connectivity index (χ2v) is 9.33. The van der Waals surface area contributed by atoms with E-state index in [9.17, 15) is 4.79 Å². The summed E-state index contributed by atoms with van der Waals surface area (Å²) < 4.78 is 5.64. The molecular weight excluding hydrogens is 416 g/mol. The van der Waals surface area contributed by atoms with E-state index < -0.39 is 0 Å². The van der Waals surface area contributed by atoms with Gasteiger partial charge in [0.15, 0.2) is 5.82 Å². The van der Waals surface area contributed by atoms with E-state index in [1.54, 1.807) is 0 Å². The number of hydrogen-bond acceptors (Lipinski definition) is 6. The second-order valence-electron chi connectivity index (χ2n) is 9.33. The van der Waals surface area contributed by atoms with E-state index in [2.05, 4.69) is 41.6 Å². The summed E-state index contributed by atoms with van der Waals surface area (Å²) in [5.74, 6) is 2.40. The molecule has 8 nitrogen and oxygen atoms in total.